The van der Waals surface area contributed by atoms with E-state index in [1.54, 1.807) is 20.1 Å². The van der Waals surface area contributed by atoms with Gasteiger partial charge in [0.2, 0.25) is 17.7 Å². The van der Waals surface area contributed by atoms with Crippen LogP contribution in [-0.4, -0.2) is 88.1 Å². The minimum Gasteiger partial charge on any atom is -0.481 e. The molecular formula is C19H34N4O7S2. The number of thioether (sulfide) groups is 2. The lowest BCUT2D eigenvalue weighted by Crippen LogP contribution is -2.58. The second-order valence-electron chi connectivity index (χ2n) is 7.45. The maximum Gasteiger partial charge on any atom is 0.326 e. The van der Waals surface area contributed by atoms with Crippen LogP contribution in [0, 0.1) is 5.92 Å². The Hall–Kier alpha value is -1.99. The highest BCUT2D eigenvalue weighted by Gasteiger charge is 2.31. The lowest BCUT2D eigenvalue weighted by Gasteiger charge is -2.25. The number of carbonyl (C=O) groups excluding carboxylic acids is 3. The van der Waals surface area contributed by atoms with Gasteiger partial charge in [0, 0.05) is 0 Å². The molecule has 0 aliphatic carbocycles. The number of amides is 3. The second-order valence-corrected chi connectivity index (χ2v) is 9.42. The minimum absolute atomic E-state index is 0.134. The summed E-state index contributed by atoms with van der Waals surface area (Å²) >= 11 is 2.84. The molecule has 0 aromatic rings. The Labute approximate surface area is 196 Å². The minimum atomic E-state index is -1.51. The summed E-state index contributed by atoms with van der Waals surface area (Å²) in [6.07, 6.45) is 3.22. The molecule has 184 valence electrons. The van der Waals surface area contributed by atoms with Crippen LogP contribution in [0.5, 0.6) is 0 Å². The summed E-state index contributed by atoms with van der Waals surface area (Å²) in [5.74, 6) is -4.02. The van der Waals surface area contributed by atoms with Crippen molar-refractivity contribution in [2.45, 2.75) is 57.3 Å². The zero-order valence-electron chi connectivity index (χ0n) is 18.8. The van der Waals surface area contributed by atoms with Crippen molar-refractivity contribution >= 4 is 53.2 Å². The summed E-state index contributed by atoms with van der Waals surface area (Å²) < 4.78 is 0. The van der Waals surface area contributed by atoms with Crippen LogP contribution < -0.4 is 21.7 Å². The normalized spacial score (nSPS) is 14.7. The lowest BCUT2D eigenvalue weighted by molar-refractivity contribution is -0.143. The molecule has 0 aliphatic rings. The van der Waals surface area contributed by atoms with Crippen molar-refractivity contribution < 1.29 is 34.2 Å². The molecular weight excluding hydrogens is 460 g/mol. The van der Waals surface area contributed by atoms with Crippen molar-refractivity contribution in [3.05, 3.63) is 0 Å². The first-order valence-electron chi connectivity index (χ1n) is 10.0. The van der Waals surface area contributed by atoms with E-state index in [-0.39, 0.29) is 18.8 Å². The molecule has 32 heavy (non-hydrogen) atoms. The Morgan fingerprint density at radius 2 is 1.22 bits per heavy atom. The molecule has 13 heteroatoms. The Morgan fingerprint density at radius 3 is 1.66 bits per heavy atom. The first-order valence-corrected chi connectivity index (χ1v) is 12.8. The number of hydrogen-bond acceptors (Lipinski definition) is 8. The maximum atomic E-state index is 12.8. The van der Waals surface area contributed by atoms with Gasteiger partial charge in [0.15, 0.2) is 0 Å². The highest BCUT2D eigenvalue weighted by atomic mass is 32.2. The largest absolute Gasteiger partial charge is 0.481 e. The van der Waals surface area contributed by atoms with Gasteiger partial charge in [-0.25, -0.2) is 4.79 Å². The Morgan fingerprint density at radius 1 is 0.781 bits per heavy atom. The average molecular weight is 495 g/mol. The van der Waals surface area contributed by atoms with Crippen molar-refractivity contribution in [3.8, 4) is 0 Å². The number of carbonyl (C=O) groups is 5. The molecule has 0 radical (unpaired) electrons. The Bertz CT molecular complexity index is 664. The van der Waals surface area contributed by atoms with E-state index in [1.165, 1.54) is 23.5 Å². The van der Waals surface area contributed by atoms with Gasteiger partial charge in [0.25, 0.3) is 0 Å². The predicted molar refractivity (Wildman–Crippen MR) is 124 cm³/mol. The standard InChI is InChI=1S/C19H34N4O7S2/c1-10(2)15(20)18(28)21-11(5-7-31-3)16(26)23-13(9-14(24)25)17(27)22-12(19(29)30)6-8-32-4/h10-13,15H,5-9,20H2,1-4H3,(H,21,28)(H,22,27)(H,23,26)(H,24,25)(H,29,30). The molecule has 0 aromatic heterocycles. The van der Waals surface area contributed by atoms with E-state index in [4.69, 9.17) is 10.8 Å². The molecule has 0 aromatic carbocycles. The lowest BCUT2D eigenvalue weighted by atomic mass is 10.0. The number of rotatable bonds is 16. The van der Waals surface area contributed by atoms with E-state index < -0.39 is 60.2 Å². The van der Waals surface area contributed by atoms with Gasteiger partial charge in [-0.05, 0) is 42.8 Å². The van der Waals surface area contributed by atoms with Gasteiger partial charge in [-0.15, -0.1) is 0 Å². The summed E-state index contributed by atoms with van der Waals surface area (Å²) in [5.41, 5.74) is 5.83. The van der Waals surface area contributed by atoms with E-state index in [0.717, 1.165) is 0 Å². The fourth-order valence-electron chi connectivity index (χ4n) is 2.50. The van der Waals surface area contributed by atoms with Crippen LogP contribution in [0.1, 0.15) is 33.1 Å². The summed E-state index contributed by atoms with van der Waals surface area (Å²) in [7, 11) is 0. The molecule has 3 amide bonds. The van der Waals surface area contributed by atoms with Crippen LogP contribution in [0.4, 0.5) is 0 Å². The second kappa shape index (κ2) is 15.8. The summed E-state index contributed by atoms with van der Waals surface area (Å²) in [6.45, 7) is 3.51. The Balaban J connectivity index is 5.44. The van der Waals surface area contributed by atoms with Crippen LogP contribution in [0.3, 0.4) is 0 Å². The zero-order chi connectivity index (χ0) is 24.8. The summed E-state index contributed by atoms with van der Waals surface area (Å²) in [5, 5.41) is 25.6. The van der Waals surface area contributed by atoms with Gasteiger partial charge in [-0.3, -0.25) is 19.2 Å². The van der Waals surface area contributed by atoms with Gasteiger partial charge < -0.3 is 31.9 Å². The van der Waals surface area contributed by atoms with Crippen LogP contribution in [0.15, 0.2) is 0 Å². The van der Waals surface area contributed by atoms with Crippen molar-refractivity contribution in [2.24, 2.45) is 11.7 Å². The molecule has 0 saturated heterocycles. The van der Waals surface area contributed by atoms with E-state index in [9.17, 15) is 29.1 Å². The van der Waals surface area contributed by atoms with Crippen LogP contribution in [-0.2, 0) is 24.0 Å². The van der Waals surface area contributed by atoms with E-state index >= 15 is 0 Å². The number of nitrogens with two attached hydrogens (primary N) is 1. The van der Waals surface area contributed by atoms with Gasteiger partial charge in [-0.1, -0.05) is 13.8 Å². The molecule has 7 N–H and O–H groups in total. The fourth-order valence-corrected chi connectivity index (χ4v) is 3.44. The maximum absolute atomic E-state index is 12.8. The molecule has 0 fully saturated rings. The number of carboxylic acid groups (broad SMARTS) is 2. The third-order valence-electron chi connectivity index (χ3n) is 4.50. The number of hydrogen-bond donors (Lipinski definition) is 6. The molecule has 0 rings (SSSR count). The first kappa shape index (κ1) is 30.0. The quantitative estimate of drug-likeness (QED) is 0.163. The third-order valence-corrected chi connectivity index (χ3v) is 5.79. The van der Waals surface area contributed by atoms with Crippen molar-refractivity contribution in [1.29, 1.82) is 0 Å². The van der Waals surface area contributed by atoms with E-state index in [2.05, 4.69) is 16.0 Å². The van der Waals surface area contributed by atoms with Crippen LogP contribution in [0.25, 0.3) is 0 Å². The molecule has 0 bridgehead atoms. The highest BCUT2D eigenvalue weighted by Crippen LogP contribution is 2.06. The SMILES string of the molecule is CSCCC(NC(=O)C(CC(=O)O)NC(=O)C(CCSC)NC(=O)C(N)C(C)C)C(=O)O. The average Bonchev–Trinajstić information content (AvgIpc) is 2.71. The van der Waals surface area contributed by atoms with Gasteiger partial charge in [-0.2, -0.15) is 23.5 Å². The van der Waals surface area contributed by atoms with Gasteiger partial charge >= 0.3 is 11.9 Å². The van der Waals surface area contributed by atoms with Gasteiger partial charge in [0.1, 0.15) is 18.1 Å². The van der Waals surface area contributed by atoms with E-state index in [1.807, 2.05) is 6.26 Å². The molecule has 0 spiro atoms. The molecule has 0 heterocycles. The predicted octanol–water partition coefficient (Wildman–Crippen LogP) is -0.510. The molecule has 0 saturated carbocycles. The number of aliphatic carboxylic acids is 2. The summed E-state index contributed by atoms with van der Waals surface area (Å²) in [6, 6.07) is -4.61. The molecule has 4 unspecified atom stereocenters. The van der Waals surface area contributed by atoms with Crippen molar-refractivity contribution in [2.75, 3.05) is 24.0 Å². The number of nitrogens with one attached hydrogen (secondary N) is 3. The van der Waals surface area contributed by atoms with E-state index in [0.29, 0.717) is 11.5 Å². The zero-order valence-corrected chi connectivity index (χ0v) is 20.4. The third kappa shape index (κ3) is 11.6. The monoisotopic (exact) mass is 494 g/mol. The highest BCUT2D eigenvalue weighted by molar-refractivity contribution is 7.98. The fraction of sp³-hybridized carbons (Fsp3) is 0.737. The number of carboxylic acids is 2. The summed E-state index contributed by atoms with van der Waals surface area (Å²) in [4.78, 5) is 60.3. The molecule has 4 atom stereocenters. The van der Waals surface area contributed by atoms with Gasteiger partial charge in [0.05, 0.1) is 12.5 Å². The smallest absolute Gasteiger partial charge is 0.326 e. The topological polar surface area (TPSA) is 188 Å². The molecule has 0 aliphatic heterocycles. The van der Waals surface area contributed by atoms with Crippen LogP contribution in [0.2, 0.25) is 0 Å². The van der Waals surface area contributed by atoms with Crippen LogP contribution >= 0.6 is 23.5 Å². The first-order chi connectivity index (χ1) is 14.9. The van der Waals surface area contributed by atoms with Crippen molar-refractivity contribution in [1.82, 2.24) is 16.0 Å². The van der Waals surface area contributed by atoms with Crippen molar-refractivity contribution in [3.63, 3.8) is 0 Å². The Kier molecular flexibility index (Phi) is 14.8. The molecule has 11 nitrogen and oxygen atoms in total.